The highest BCUT2D eigenvalue weighted by molar-refractivity contribution is 5.85. The van der Waals surface area contributed by atoms with Crippen molar-refractivity contribution >= 4 is 11.9 Å². The first kappa shape index (κ1) is 16.3. The smallest absolute Gasteiger partial charge is 0.310 e. The maximum atomic E-state index is 12.2. The number of amides is 1. The second kappa shape index (κ2) is 7.28. The average Bonchev–Trinajstić information content (AvgIpc) is 2.46. The predicted molar refractivity (Wildman–Crippen MR) is 81.9 cm³/mol. The average molecular weight is 295 g/mol. The zero-order valence-corrected chi connectivity index (χ0v) is 13.2. The van der Waals surface area contributed by atoms with E-state index in [1.807, 2.05) is 0 Å². The number of nitrogens with one attached hydrogen (secondary N) is 1. The number of rotatable bonds is 5. The third-order valence-electron chi connectivity index (χ3n) is 5.40. The van der Waals surface area contributed by atoms with Crippen molar-refractivity contribution in [2.24, 2.45) is 17.3 Å². The number of aliphatic carboxylic acids is 1. The highest BCUT2D eigenvalue weighted by Crippen LogP contribution is 2.39. The van der Waals surface area contributed by atoms with Crippen LogP contribution in [0, 0.1) is 17.3 Å². The summed E-state index contributed by atoms with van der Waals surface area (Å²) in [5, 5.41) is 12.5. The van der Waals surface area contributed by atoms with Crippen LogP contribution < -0.4 is 5.32 Å². The first-order valence-corrected chi connectivity index (χ1v) is 8.52. The van der Waals surface area contributed by atoms with Crippen molar-refractivity contribution in [3.63, 3.8) is 0 Å². The first-order chi connectivity index (χ1) is 10.0. The second-order valence-corrected chi connectivity index (χ2v) is 7.26. The van der Waals surface area contributed by atoms with Gasteiger partial charge in [0, 0.05) is 13.0 Å². The molecule has 4 heteroatoms. The van der Waals surface area contributed by atoms with Gasteiger partial charge < -0.3 is 10.4 Å². The summed E-state index contributed by atoms with van der Waals surface area (Å²) < 4.78 is 0. The van der Waals surface area contributed by atoms with Crippen LogP contribution in [-0.4, -0.2) is 23.5 Å². The van der Waals surface area contributed by atoms with E-state index in [9.17, 15) is 14.7 Å². The van der Waals surface area contributed by atoms with E-state index >= 15 is 0 Å². The van der Waals surface area contributed by atoms with Crippen LogP contribution in [0.25, 0.3) is 0 Å². The molecule has 0 saturated heterocycles. The molecular weight excluding hydrogens is 266 g/mol. The van der Waals surface area contributed by atoms with Crippen LogP contribution in [0.15, 0.2) is 0 Å². The van der Waals surface area contributed by atoms with Gasteiger partial charge in [-0.2, -0.15) is 0 Å². The maximum absolute atomic E-state index is 12.2. The summed E-state index contributed by atoms with van der Waals surface area (Å²) >= 11 is 0. The highest BCUT2D eigenvalue weighted by Gasteiger charge is 2.41. The van der Waals surface area contributed by atoms with Crippen LogP contribution >= 0.6 is 0 Å². The molecule has 0 aromatic rings. The highest BCUT2D eigenvalue weighted by atomic mass is 16.4. The maximum Gasteiger partial charge on any atom is 0.310 e. The SMILES string of the molecule is CC1CCCC(CNC(=O)CC2(C(=O)O)CCCCC2)C1. The zero-order chi connectivity index (χ0) is 15.3. The number of hydrogen-bond donors (Lipinski definition) is 2. The summed E-state index contributed by atoms with van der Waals surface area (Å²) in [4.78, 5) is 23.8. The Morgan fingerprint density at radius 3 is 2.48 bits per heavy atom. The minimum atomic E-state index is -0.803. The van der Waals surface area contributed by atoms with Gasteiger partial charge in [0.15, 0.2) is 0 Å². The van der Waals surface area contributed by atoms with Gasteiger partial charge in [-0.3, -0.25) is 9.59 Å². The number of carboxylic acid groups (broad SMARTS) is 1. The quantitative estimate of drug-likeness (QED) is 0.817. The van der Waals surface area contributed by atoms with E-state index in [4.69, 9.17) is 0 Å². The Labute approximate surface area is 127 Å². The van der Waals surface area contributed by atoms with Gasteiger partial charge in [0.1, 0.15) is 0 Å². The number of hydrogen-bond acceptors (Lipinski definition) is 2. The molecule has 2 aliphatic rings. The van der Waals surface area contributed by atoms with Gasteiger partial charge in [0.25, 0.3) is 0 Å². The van der Waals surface area contributed by atoms with Crippen molar-refractivity contribution in [1.82, 2.24) is 5.32 Å². The van der Waals surface area contributed by atoms with E-state index in [0.29, 0.717) is 18.8 Å². The molecule has 2 saturated carbocycles. The van der Waals surface area contributed by atoms with Crippen molar-refractivity contribution in [2.45, 2.75) is 71.1 Å². The molecule has 2 rings (SSSR count). The topological polar surface area (TPSA) is 66.4 Å². The standard InChI is InChI=1S/C17H29NO3/c1-13-6-5-7-14(10-13)12-18-15(19)11-17(16(20)21)8-3-2-4-9-17/h13-14H,2-12H2,1H3,(H,18,19)(H,20,21). The van der Waals surface area contributed by atoms with Crippen LogP contribution in [0.3, 0.4) is 0 Å². The fourth-order valence-electron chi connectivity index (χ4n) is 4.07. The van der Waals surface area contributed by atoms with Gasteiger partial charge in [0.2, 0.25) is 5.91 Å². The Bertz CT molecular complexity index is 374. The number of carbonyl (C=O) groups is 2. The van der Waals surface area contributed by atoms with Crippen LogP contribution in [-0.2, 0) is 9.59 Å². The summed E-state index contributed by atoms with van der Waals surface area (Å²) in [6, 6.07) is 0. The Balaban J connectivity index is 1.81. The lowest BCUT2D eigenvalue weighted by atomic mass is 9.71. The van der Waals surface area contributed by atoms with Gasteiger partial charge in [-0.05, 0) is 37.5 Å². The molecule has 0 heterocycles. The van der Waals surface area contributed by atoms with Crippen LogP contribution in [0.2, 0.25) is 0 Å². The summed E-state index contributed by atoms with van der Waals surface area (Å²) in [5.74, 6) is 0.468. The molecule has 2 unspecified atom stereocenters. The first-order valence-electron chi connectivity index (χ1n) is 8.52. The normalized spacial score (nSPS) is 28.8. The van der Waals surface area contributed by atoms with Gasteiger partial charge in [-0.25, -0.2) is 0 Å². The lowest BCUT2D eigenvalue weighted by Gasteiger charge is -2.33. The van der Waals surface area contributed by atoms with Crippen molar-refractivity contribution in [3.8, 4) is 0 Å². The summed E-state index contributed by atoms with van der Waals surface area (Å²) in [7, 11) is 0. The summed E-state index contributed by atoms with van der Waals surface area (Å²) in [6.45, 7) is 2.99. The van der Waals surface area contributed by atoms with E-state index in [2.05, 4.69) is 12.2 Å². The van der Waals surface area contributed by atoms with Gasteiger partial charge >= 0.3 is 5.97 Å². The van der Waals surface area contributed by atoms with Crippen LogP contribution in [0.4, 0.5) is 0 Å². The summed E-state index contributed by atoms with van der Waals surface area (Å²) in [6.07, 6.45) is 9.33. The van der Waals surface area contributed by atoms with Crippen molar-refractivity contribution in [3.05, 3.63) is 0 Å². The van der Waals surface area contributed by atoms with E-state index < -0.39 is 11.4 Å². The molecule has 4 nitrogen and oxygen atoms in total. The molecule has 0 bridgehead atoms. The van der Waals surface area contributed by atoms with Crippen molar-refractivity contribution < 1.29 is 14.7 Å². The number of carbonyl (C=O) groups excluding carboxylic acids is 1. The zero-order valence-electron chi connectivity index (χ0n) is 13.2. The fourth-order valence-corrected chi connectivity index (χ4v) is 4.07. The van der Waals surface area contributed by atoms with Crippen LogP contribution in [0.5, 0.6) is 0 Å². The van der Waals surface area contributed by atoms with E-state index in [1.165, 1.54) is 25.7 Å². The van der Waals surface area contributed by atoms with E-state index in [-0.39, 0.29) is 12.3 Å². The molecule has 2 N–H and O–H groups in total. The Hall–Kier alpha value is -1.06. The lowest BCUT2D eigenvalue weighted by Crippen LogP contribution is -2.40. The van der Waals surface area contributed by atoms with Crippen molar-refractivity contribution in [1.29, 1.82) is 0 Å². The van der Waals surface area contributed by atoms with E-state index in [0.717, 1.165) is 31.7 Å². The lowest BCUT2D eigenvalue weighted by molar-refractivity contribution is -0.154. The molecule has 0 aromatic carbocycles. The Morgan fingerprint density at radius 1 is 1.14 bits per heavy atom. The fraction of sp³-hybridized carbons (Fsp3) is 0.882. The third kappa shape index (κ3) is 4.45. The third-order valence-corrected chi connectivity index (χ3v) is 5.40. The molecule has 2 fully saturated rings. The second-order valence-electron chi connectivity index (χ2n) is 7.26. The van der Waals surface area contributed by atoms with Gasteiger partial charge in [-0.1, -0.05) is 39.0 Å². The molecule has 2 aliphatic carbocycles. The molecule has 21 heavy (non-hydrogen) atoms. The van der Waals surface area contributed by atoms with E-state index in [1.54, 1.807) is 0 Å². The van der Waals surface area contributed by atoms with Gasteiger partial charge in [0.05, 0.1) is 5.41 Å². The minimum absolute atomic E-state index is 0.0717. The predicted octanol–water partition coefficient (Wildman–Crippen LogP) is 3.35. The van der Waals surface area contributed by atoms with Gasteiger partial charge in [-0.15, -0.1) is 0 Å². The molecular formula is C17H29NO3. The molecule has 1 amide bonds. The number of carboxylic acids is 1. The molecule has 2 atom stereocenters. The van der Waals surface area contributed by atoms with Crippen LogP contribution in [0.1, 0.15) is 71.1 Å². The Morgan fingerprint density at radius 2 is 1.86 bits per heavy atom. The molecule has 120 valence electrons. The molecule has 0 aromatic heterocycles. The molecule has 0 radical (unpaired) electrons. The monoisotopic (exact) mass is 295 g/mol. The minimum Gasteiger partial charge on any atom is -0.481 e. The van der Waals surface area contributed by atoms with Crippen molar-refractivity contribution in [2.75, 3.05) is 6.54 Å². The summed E-state index contributed by atoms with van der Waals surface area (Å²) in [5.41, 5.74) is -0.803. The molecule has 0 spiro atoms. The molecule has 0 aliphatic heterocycles. The largest absolute Gasteiger partial charge is 0.481 e. The Kier molecular flexibility index (Phi) is 5.65.